The molecule has 36 heavy (non-hydrogen) atoms. The molecule has 0 bridgehead atoms. The molecule has 2 aromatic carbocycles. The van der Waals surface area contributed by atoms with Crippen LogP contribution in [0.4, 0.5) is 0 Å². The second-order valence-corrected chi connectivity index (χ2v) is 12.4. The Morgan fingerprint density at radius 1 is 1.08 bits per heavy atom. The van der Waals surface area contributed by atoms with E-state index in [-0.39, 0.29) is 36.2 Å². The van der Waals surface area contributed by atoms with Gasteiger partial charge >= 0.3 is 0 Å². The summed E-state index contributed by atoms with van der Waals surface area (Å²) in [6.45, 7) is 6.22. The molecule has 0 unspecified atom stereocenters. The second-order valence-electron chi connectivity index (χ2n) is 10.1. The number of nitrogens with one attached hydrogen (secondary N) is 1. The van der Waals surface area contributed by atoms with E-state index >= 15 is 0 Å². The first-order valence-corrected chi connectivity index (χ1v) is 13.6. The van der Waals surface area contributed by atoms with Crippen LogP contribution in [0, 0.1) is 16.7 Å². The number of benzene rings is 2. The Bertz CT molecular complexity index is 1430. The Morgan fingerprint density at radius 3 is 2.33 bits per heavy atom. The third-order valence-electron chi connectivity index (χ3n) is 6.33. The Morgan fingerprint density at radius 2 is 1.72 bits per heavy atom. The van der Waals surface area contributed by atoms with Crippen molar-refractivity contribution in [3.8, 4) is 6.07 Å². The van der Waals surface area contributed by atoms with Crippen LogP contribution in [0.2, 0.25) is 0 Å². The highest BCUT2D eigenvalue weighted by atomic mass is 32.2. The van der Waals surface area contributed by atoms with Crippen LogP contribution in [0.3, 0.4) is 0 Å². The first-order valence-electron chi connectivity index (χ1n) is 11.7. The van der Waals surface area contributed by atoms with E-state index < -0.39 is 27.2 Å². The number of para-hydroxylation sites is 1. The molecule has 1 N–H and O–H groups in total. The maximum Gasteiger partial charge on any atom is 0.273 e. The molecule has 0 spiro atoms. The molecule has 0 radical (unpaired) electrons. The molecule has 1 aliphatic rings. The molecule has 10 heteroatoms. The minimum absolute atomic E-state index is 0.0755. The average Bonchev–Trinajstić information content (AvgIpc) is 3.20. The zero-order chi connectivity index (χ0) is 26.1. The van der Waals surface area contributed by atoms with Gasteiger partial charge in [0.15, 0.2) is 15.5 Å². The maximum atomic E-state index is 13.5. The van der Waals surface area contributed by atoms with E-state index in [0.29, 0.717) is 17.5 Å². The highest BCUT2D eigenvalue weighted by molar-refractivity contribution is 7.91. The third-order valence-corrected chi connectivity index (χ3v) is 7.94. The van der Waals surface area contributed by atoms with Crippen molar-refractivity contribution in [2.45, 2.75) is 33.4 Å². The first-order chi connectivity index (χ1) is 17.0. The van der Waals surface area contributed by atoms with E-state index in [9.17, 15) is 18.0 Å². The predicted molar refractivity (Wildman–Crippen MR) is 136 cm³/mol. The van der Waals surface area contributed by atoms with Gasteiger partial charge in [-0.15, -0.1) is 0 Å². The van der Waals surface area contributed by atoms with Crippen LogP contribution in [-0.2, 0) is 21.2 Å². The normalized spacial score (nSPS) is 16.3. The molecule has 3 aromatic rings. The Hall–Kier alpha value is -3.71. The first kappa shape index (κ1) is 25.4. The number of amides is 2. The number of carbonyl (C=O) groups is 2. The molecular formula is C26H29N5O4S. The number of sulfone groups is 1. The molecule has 0 aliphatic carbocycles. The lowest BCUT2D eigenvalue weighted by Gasteiger charge is -2.36. The average molecular weight is 508 g/mol. The van der Waals surface area contributed by atoms with Gasteiger partial charge in [0.1, 0.15) is 6.04 Å². The minimum Gasteiger partial charge on any atom is -0.339 e. The summed E-state index contributed by atoms with van der Waals surface area (Å²) in [6.07, 6.45) is 0. The van der Waals surface area contributed by atoms with E-state index in [4.69, 9.17) is 5.26 Å². The summed E-state index contributed by atoms with van der Waals surface area (Å²) in [7, 11) is -3.14. The van der Waals surface area contributed by atoms with Crippen molar-refractivity contribution in [3.63, 3.8) is 0 Å². The fourth-order valence-electron chi connectivity index (χ4n) is 4.24. The molecule has 1 atom stereocenters. The number of carbonyl (C=O) groups excluding carboxylic acids is 2. The van der Waals surface area contributed by atoms with E-state index in [1.165, 1.54) is 4.90 Å². The van der Waals surface area contributed by atoms with Gasteiger partial charge in [-0.25, -0.2) is 8.42 Å². The zero-order valence-corrected chi connectivity index (χ0v) is 21.4. The number of hydrogen-bond donors (Lipinski definition) is 1. The molecule has 2 amide bonds. The van der Waals surface area contributed by atoms with E-state index in [2.05, 4.69) is 16.5 Å². The van der Waals surface area contributed by atoms with E-state index in [1.807, 2.05) is 57.2 Å². The van der Waals surface area contributed by atoms with Gasteiger partial charge in [-0.1, -0.05) is 51.1 Å². The van der Waals surface area contributed by atoms with Crippen molar-refractivity contribution >= 4 is 32.6 Å². The van der Waals surface area contributed by atoms with Crippen molar-refractivity contribution in [1.29, 1.82) is 5.26 Å². The van der Waals surface area contributed by atoms with Gasteiger partial charge in [-0.2, -0.15) is 10.4 Å². The Kier molecular flexibility index (Phi) is 6.87. The summed E-state index contributed by atoms with van der Waals surface area (Å²) in [5.74, 6) is -0.920. The molecule has 1 saturated heterocycles. The quantitative estimate of drug-likeness (QED) is 0.565. The topological polar surface area (TPSA) is 125 Å². The molecule has 4 rings (SSSR count). The van der Waals surface area contributed by atoms with Crippen molar-refractivity contribution in [3.05, 3.63) is 65.4 Å². The van der Waals surface area contributed by atoms with Gasteiger partial charge < -0.3 is 10.2 Å². The van der Waals surface area contributed by atoms with Gasteiger partial charge in [-0.3, -0.25) is 14.3 Å². The summed E-state index contributed by atoms with van der Waals surface area (Å²) >= 11 is 0. The zero-order valence-electron chi connectivity index (χ0n) is 20.6. The number of rotatable bonds is 5. The van der Waals surface area contributed by atoms with Crippen molar-refractivity contribution in [2.24, 2.45) is 5.41 Å². The third kappa shape index (κ3) is 5.41. The van der Waals surface area contributed by atoms with Crippen LogP contribution in [0.25, 0.3) is 10.9 Å². The lowest BCUT2D eigenvalue weighted by atomic mass is 9.85. The smallest absolute Gasteiger partial charge is 0.273 e. The fraction of sp³-hybridized carbons (Fsp3) is 0.385. The molecule has 188 valence electrons. The standard InChI is InChI=1S/C26H29N5O4S/c1-26(2,3)23(25(33)30-12-14-36(34,35)15-13-30)28-24(32)22-20-6-4-5-7-21(20)31(29-22)17-19-10-8-18(16-27)9-11-19/h4-11,23H,12-15,17H2,1-3H3,(H,28,32)/t23-/m1/s1. The van der Waals surface area contributed by atoms with Gasteiger partial charge in [-0.05, 0) is 29.2 Å². The second kappa shape index (κ2) is 9.74. The van der Waals surface area contributed by atoms with Crippen molar-refractivity contribution < 1.29 is 18.0 Å². The molecule has 0 saturated carbocycles. The number of nitriles is 1. The lowest BCUT2D eigenvalue weighted by Crippen LogP contribution is -2.57. The highest BCUT2D eigenvalue weighted by Crippen LogP contribution is 2.24. The molecule has 2 heterocycles. The monoisotopic (exact) mass is 507 g/mol. The molecule has 1 aliphatic heterocycles. The molecule has 1 fully saturated rings. The highest BCUT2D eigenvalue weighted by Gasteiger charge is 2.38. The Balaban J connectivity index is 1.60. The minimum atomic E-state index is -3.14. The van der Waals surface area contributed by atoms with Crippen LogP contribution < -0.4 is 5.32 Å². The van der Waals surface area contributed by atoms with Gasteiger partial charge in [0.25, 0.3) is 5.91 Å². The molecule has 9 nitrogen and oxygen atoms in total. The number of hydrogen-bond acceptors (Lipinski definition) is 6. The van der Waals surface area contributed by atoms with Crippen LogP contribution >= 0.6 is 0 Å². The van der Waals surface area contributed by atoms with Crippen LogP contribution in [0.1, 0.15) is 42.4 Å². The van der Waals surface area contributed by atoms with Gasteiger partial charge in [0, 0.05) is 18.5 Å². The lowest BCUT2D eigenvalue weighted by molar-refractivity contribution is -0.135. The summed E-state index contributed by atoms with van der Waals surface area (Å²) in [4.78, 5) is 28.3. The summed E-state index contributed by atoms with van der Waals surface area (Å²) in [6, 6.07) is 15.8. The number of nitrogens with zero attached hydrogens (tertiary/aromatic N) is 4. The maximum absolute atomic E-state index is 13.5. The number of aromatic nitrogens is 2. The summed E-state index contributed by atoms with van der Waals surface area (Å²) < 4.78 is 25.3. The number of fused-ring (bicyclic) bond motifs is 1. The van der Waals surface area contributed by atoms with E-state index in [1.54, 1.807) is 16.8 Å². The molecule has 1 aromatic heterocycles. The van der Waals surface area contributed by atoms with Crippen molar-refractivity contribution in [2.75, 3.05) is 24.6 Å². The fourth-order valence-corrected chi connectivity index (χ4v) is 5.44. The van der Waals surface area contributed by atoms with Gasteiger partial charge in [0.05, 0.1) is 35.2 Å². The Labute approximate surface area is 210 Å². The summed E-state index contributed by atoms with van der Waals surface area (Å²) in [5, 5.41) is 17.2. The largest absolute Gasteiger partial charge is 0.339 e. The van der Waals surface area contributed by atoms with Gasteiger partial charge in [0.2, 0.25) is 5.91 Å². The van der Waals surface area contributed by atoms with E-state index in [0.717, 1.165) is 11.1 Å². The van der Waals surface area contributed by atoms with Crippen LogP contribution in [0.15, 0.2) is 48.5 Å². The molecular weight excluding hydrogens is 478 g/mol. The van der Waals surface area contributed by atoms with Crippen molar-refractivity contribution in [1.82, 2.24) is 20.0 Å². The predicted octanol–water partition coefficient (Wildman–Crippen LogP) is 2.36. The van der Waals surface area contributed by atoms with Crippen LogP contribution in [0.5, 0.6) is 0 Å². The SMILES string of the molecule is CC(C)(C)[C@H](NC(=O)c1nn(Cc2ccc(C#N)cc2)c2ccccc12)C(=O)N1CCS(=O)(=O)CC1. The summed E-state index contributed by atoms with van der Waals surface area (Å²) in [5.41, 5.74) is 1.86. The van der Waals surface area contributed by atoms with Crippen LogP contribution in [-0.4, -0.2) is 65.5 Å².